The SMILES string of the molecule is N[C@H](c1cc(C(F)(F)F)cc(Cl)c1F)C1CCCC1. The Morgan fingerprint density at radius 1 is 1.21 bits per heavy atom. The highest BCUT2D eigenvalue weighted by molar-refractivity contribution is 6.30. The molecule has 0 unspecified atom stereocenters. The minimum atomic E-state index is -4.55. The summed E-state index contributed by atoms with van der Waals surface area (Å²) in [5.41, 5.74) is 4.83. The van der Waals surface area contributed by atoms with E-state index in [0.717, 1.165) is 31.7 Å². The highest BCUT2D eigenvalue weighted by Gasteiger charge is 2.34. The van der Waals surface area contributed by atoms with Gasteiger partial charge in [-0.3, -0.25) is 0 Å². The number of benzene rings is 1. The van der Waals surface area contributed by atoms with Crippen LogP contribution in [0.1, 0.15) is 42.9 Å². The molecule has 0 spiro atoms. The summed E-state index contributed by atoms with van der Waals surface area (Å²) in [7, 11) is 0. The molecule has 0 saturated heterocycles. The van der Waals surface area contributed by atoms with Gasteiger partial charge in [0.05, 0.1) is 10.6 Å². The van der Waals surface area contributed by atoms with Crippen molar-refractivity contribution in [1.29, 1.82) is 0 Å². The monoisotopic (exact) mass is 295 g/mol. The first-order valence-electron chi connectivity index (χ1n) is 6.12. The molecule has 0 heterocycles. The van der Waals surface area contributed by atoms with E-state index in [-0.39, 0.29) is 11.5 Å². The zero-order valence-electron chi connectivity index (χ0n) is 10.1. The van der Waals surface area contributed by atoms with E-state index < -0.39 is 28.6 Å². The molecule has 0 amide bonds. The molecule has 2 rings (SSSR count). The summed E-state index contributed by atoms with van der Waals surface area (Å²) in [6, 6.07) is 0.647. The van der Waals surface area contributed by atoms with Crippen LogP contribution in [0.25, 0.3) is 0 Å². The van der Waals surface area contributed by atoms with Gasteiger partial charge in [-0.25, -0.2) is 4.39 Å². The van der Waals surface area contributed by atoms with Crippen LogP contribution in [0.15, 0.2) is 12.1 Å². The molecular formula is C13H14ClF4N. The number of alkyl halides is 3. The fraction of sp³-hybridized carbons (Fsp3) is 0.538. The highest BCUT2D eigenvalue weighted by Crippen LogP contribution is 2.39. The molecule has 1 atom stereocenters. The van der Waals surface area contributed by atoms with Crippen LogP contribution in [0.5, 0.6) is 0 Å². The van der Waals surface area contributed by atoms with E-state index in [1.54, 1.807) is 0 Å². The zero-order valence-corrected chi connectivity index (χ0v) is 10.9. The number of rotatable bonds is 2. The van der Waals surface area contributed by atoms with Crippen molar-refractivity contribution in [1.82, 2.24) is 0 Å². The Bertz CT molecular complexity index is 466. The Morgan fingerprint density at radius 2 is 1.79 bits per heavy atom. The van der Waals surface area contributed by atoms with Gasteiger partial charge in [-0.15, -0.1) is 0 Å². The molecule has 1 nitrogen and oxygen atoms in total. The summed E-state index contributed by atoms with van der Waals surface area (Å²) in [4.78, 5) is 0. The van der Waals surface area contributed by atoms with E-state index in [1.165, 1.54) is 0 Å². The number of hydrogen-bond donors (Lipinski definition) is 1. The van der Waals surface area contributed by atoms with Gasteiger partial charge in [0.2, 0.25) is 0 Å². The van der Waals surface area contributed by atoms with Crippen LogP contribution in [0, 0.1) is 11.7 Å². The largest absolute Gasteiger partial charge is 0.416 e. The zero-order chi connectivity index (χ0) is 14.2. The van der Waals surface area contributed by atoms with E-state index in [2.05, 4.69) is 0 Å². The van der Waals surface area contributed by atoms with E-state index in [9.17, 15) is 17.6 Å². The molecule has 1 aromatic rings. The minimum Gasteiger partial charge on any atom is -0.324 e. The van der Waals surface area contributed by atoms with Crippen LogP contribution >= 0.6 is 11.6 Å². The second-order valence-electron chi connectivity index (χ2n) is 4.93. The lowest BCUT2D eigenvalue weighted by atomic mass is 9.91. The van der Waals surface area contributed by atoms with Crippen molar-refractivity contribution in [3.8, 4) is 0 Å². The summed E-state index contributed by atoms with van der Waals surface area (Å²) in [5.74, 6) is -0.817. The van der Waals surface area contributed by atoms with Gasteiger partial charge in [0.15, 0.2) is 0 Å². The topological polar surface area (TPSA) is 26.0 Å². The molecule has 2 N–H and O–H groups in total. The molecule has 1 aliphatic rings. The van der Waals surface area contributed by atoms with Gasteiger partial charge < -0.3 is 5.73 Å². The summed E-state index contributed by atoms with van der Waals surface area (Å²) in [5, 5.41) is -0.529. The Balaban J connectivity index is 2.40. The smallest absolute Gasteiger partial charge is 0.324 e. The normalized spacial score (nSPS) is 18.8. The second kappa shape index (κ2) is 5.29. The summed E-state index contributed by atoms with van der Waals surface area (Å²) in [6.07, 6.45) is -0.968. The minimum absolute atomic E-state index is 0.0223. The molecule has 6 heteroatoms. The van der Waals surface area contributed by atoms with Crippen LogP contribution in [0.2, 0.25) is 5.02 Å². The van der Waals surface area contributed by atoms with Crippen LogP contribution in [0.3, 0.4) is 0 Å². The molecule has 0 bridgehead atoms. The lowest BCUT2D eigenvalue weighted by Gasteiger charge is -2.21. The van der Waals surface area contributed by atoms with Gasteiger partial charge in [0.1, 0.15) is 5.82 Å². The molecule has 0 aromatic heterocycles. The Hall–Kier alpha value is -0.810. The first-order chi connectivity index (χ1) is 8.80. The van der Waals surface area contributed by atoms with Crippen molar-refractivity contribution in [2.75, 3.05) is 0 Å². The van der Waals surface area contributed by atoms with Crippen molar-refractivity contribution in [2.24, 2.45) is 11.7 Å². The van der Waals surface area contributed by atoms with Crippen molar-refractivity contribution >= 4 is 11.6 Å². The lowest BCUT2D eigenvalue weighted by Crippen LogP contribution is -2.21. The van der Waals surface area contributed by atoms with Gasteiger partial charge in [-0.2, -0.15) is 13.2 Å². The Kier molecular flexibility index (Phi) is 4.06. The standard InChI is InChI=1S/C13H14ClF4N/c14-10-6-8(13(16,17)18)5-9(11(10)15)12(19)7-3-1-2-4-7/h5-7,12H,1-4,19H2/t12-/m0/s1. The quantitative estimate of drug-likeness (QED) is 0.787. The van der Waals surface area contributed by atoms with Crippen molar-refractivity contribution in [3.05, 3.63) is 34.1 Å². The predicted molar refractivity (Wildman–Crippen MR) is 65.3 cm³/mol. The summed E-state index contributed by atoms with van der Waals surface area (Å²) in [6.45, 7) is 0. The van der Waals surface area contributed by atoms with Crippen LogP contribution in [-0.2, 0) is 6.18 Å². The molecule has 106 valence electrons. The van der Waals surface area contributed by atoms with E-state index in [0.29, 0.717) is 6.07 Å². The molecule has 0 radical (unpaired) electrons. The predicted octanol–water partition coefficient (Wildman–Crippen LogP) is 4.69. The molecule has 1 fully saturated rings. The van der Waals surface area contributed by atoms with Crippen molar-refractivity contribution < 1.29 is 17.6 Å². The third kappa shape index (κ3) is 3.03. The third-order valence-corrected chi connectivity index (χ3v) is 3.93. The number of halogens is 5. The van der Waals surface area contributed by atoms with E-state index in [1.807, 2.05) is 0 Å². The molecule has 19 heavy (non-hydrogen) atoms. The Labute approximate surface area is 113 Å². The molecule has 1 saturated carbocycles. The first-order valence-corrected chi connectivity index (χ1v) is 6.50. The van der Waals surface area contributed by atoms with E-state index in [4.69, 9.17) is 17.3 Å². The van der Waals surface area contributed by atoms with Gasteiger partial charge in [-0.1, -0.05) is 24.4 Å². The highest BCUT2D eigenvalue weighted by atomic mass is 35.5. The van der Waals surface area contributed by atoms with Crippen molar-refractivity contribution in [2.45, 2.75) is 37.9 Å². The number of nitrogens with two attached hydrogens (primary N) is 1. The van der Waals surface area contributed by atoms with Crippen LogP contribution in [-0.4, -0.2) is 0 Å². The molecule has 1 aliphatic carbocycles. The number of hydrogen-bond acceptors (Lipinski definition) is 1. The second-order valence-corrected chi connectivity index (χ2v) is 5.34. The van der Waals surface area contributed by atoms with Gasteiger partial charge >= 0.3 is 6.18 Å². The maximum Gasteiger partial charge on any atom is 0.416 e. The fourth-order valence-electron chi connectivity index (χ4n) is 2.59. The van der Waals surface area contributed by atoms with Crippen LogP contribution in [0.4, 0.5) is 17.6 Å². The van der Waals surface area contributed by atoms with Crippen LogP contribution < -0.4 is 5.73 Å². The van der Waals surface area contributed by atoms with E-state index >= 15 is 0 Å². The molecular weight excluding hydrogens is 282 g/mol. The average Bonchev–Trinajstić information content (AvgIpc) is 2.83. The summed E-state index contributed by atoms with van der Waals surface area (Å²) >= 11 is 5.55. The van der Waals surface area contributed by atoms with Crippen molar-refractivity contribution in [3.63, 3.8) is 0 Å². The average molecular weight is 296 g/mol. The lowest BCUT2D eigenvalue weighted by molar-refractivity contribution is -0.137. The third-order valence-electron chi connectivity index (χ3n) is 3.65. The van der Waals surface area contributed by atoms with Gasteiger partial charge in [0, 0.05) is 11.6 Å². The first kappa shape index (κ1) is 14.6. The Morgan fingerprint density at radius 3 is 2.32 bits per heavy atom. The molecule has 1 aromatic carbocycles. The maximum absolute atomic E-state index is 13.9. The summed E-state index contributed by atoms with van der Waals surface area (Å²) < 4.78 is 52.0. The van der Waals surface area contributed by atoms with Gasteiger partial charge in [-0.05, 0) is 30.9 Å². The maximum atomic E-state index is 13.9. The molecule has 0 aliphatic heterocycles. The van der Waals surface area contributed by atoms with Gasteiger partial charge in [0.25, 0.3) is 0 Å². The fourth-order valence-corrected chi connectivity index (χ4v) is 2.81.